The molecule has 0 fully saturated rings. The molecule has 1 amide bonds. The molecule has 6 nitrogen and oxygen atoms in total. The third kappa shape index (κ3) is 3.17. The van der Waals surface area contributed by atoms with E-state index in [0.29, 0.717) is 32.3 Å². The van der Waals surface area contributed by atoms with E-state index in [-0.39, 0.29) is 30.8 Å². The highest BCUT2D eigenvalue weighted by Crippen LogP contribution is 2.35. The van der Waals surface area contributed by atoms with E-state index in [1.54, 1.807) is 30.3 Å². The fourth-order valence-electron chi connectivity index (χ4n) is 2.56. The van der Waals surface area contributed by atoms with Gasteiger partial charge in [-0.05, 0) is 46.3 Å². The monoisotopic (exact) mass is 437 g/mol. The van der Waals surface area contributed by atoms with Crippen molar-refractivity contribution in [1.82, 2.24) is 10.1 Å². The summed E-state index contributed by atoms with van der Waals surface area (Å²) < 4.78 is 24.3. The topological polar surface area (TPSA) is 68.5 Å². The first-order valence-corrected chi connectivity index (χ1v) is 8.69. The first kappa shape index (κ1) is 17.0. The molecule has 1 aliphatic heterocycles. The minimum Gasteiger partial charge on any atom is -0.482 e. The van der Waals surface area contributed by atoms with Crippen molar-refractivity contribution < 1.29 is 18.4 Å². The van der Waals surface area contributed by atoms with Gasteiger partial charge >= 0.3 is 0 Å². The highest BCUT2D eigenvalue weighted by molar-refractivity contribution is 9.10. The highest BCUT2D eigenvalue weighted by atomic mass is 79.9. The Hall–Kier alpha value is -2.45. The van der Waals surface area contributed by atoms with Gasteiger partial charge < -0.3 is 9.26 Å². The minimum atomic E-state index is -0.383. The zero-order valence-electron chi connectivity index (χ0n) is 13.1. The fourth-order valence-corrected chi connectivity index (χ4v) is 3.10. The van der Waals surface area contributed by atoms with Gasteiger partial charge in [-0.2, -0.15) is 4.98 Å². The summed E-state index contributed by atoms with van der Waals surface area (Å²) in [5.41, 5.74) is 1.17. The second-order valence-electron chi connectivity index (χ2n) is 5.52. The van der Waals surface area contributed by atoms with Gasteiger partial charge in [-0.1, -0.05) is 16.8 Å². The molecule has 0 radical (unpaired) electrons. The van der Waals surface area contributed by atoms with Crippen molar-refractivity contribution in [2.45, 2.75) is 6.54 Å². The van der Waals surface area contributed by atoms with Gasteiger partial charge in [0.15, 0.2) is 6.61 Å². The van der Waals surface area contributed by atoms with Crippen LogP contribution in [0.15, 0.2) is 45.4 Å². The van der Waals surface area contributed by atoms with Crippen molar-refractivity contribution in [3.63, 3.8) is 0 Å². The summed E-state index contributed by atoms with van der Waals surface area (Å²) in [4.78, 5) is 18.0. The third-order valence-electron chi connectivity index (χ3n) is 3.80. The van der Waals surface area contributed by atoms with Crippen LogP contribution in [0.1, 0.15) is 5.89 Å². The Labute approximate surface area is 160 Å². The summed E-state index contributed by atoms with van der Waals surface area (Å²) in [7, 11) is 0. The second-order valence-corrected chi connectivity index (χ2v) is 6.81. The summed E-state index contributed by atoms with van der Waals surface area (Å²) in [5.74, 6) is 0.449. The second kappa shape index (κ2) is 6.69. The van der Waals surface area contributed by atoms with E-state index in [1.165, 1.54) is 11.0 Å². The maximum atomic E-state index is 13.4. The van der Waals surface area contributed by atoms with Gasteiger partial charge in [-0.3, -0.25) is 9.69 Å². The number of nitrogens with zero attached hydrogens (tertiary/aromatic N) is 3. The predicted molar refractivity (Wildman–Crippen MR) is 95.5 cm³/mol. The molecule has 9 heteroatoms. The van der Waals surface area contributed by atoms with Gasteiger partial charge in [0.25, 0.3) is 5.91 Å². The number of fused-ring (bicyclic) bond motifs is 1. The normalized spacial score (nSPS) is 13.5. The van der Waals surface area contributed by atoms with Crippen LogP contribution in [0, 0.1) is 5.82 Å². The summed E-state index contributed by atoms with van der Waals surface area (Å²) in [6.45, 7) is -0.00850. The Bertz CT molecular complexity index is 1010. The largest absolute Gasteiger partial charge is 0.482 e. The van der Waals surface area contributed by atoms with Gasteiger partial charge in [0.2, 0.25) is 11.7 Å². The Morgan fingerprint density at radius 1 is 1.27 bits per heavy atom. The molecule has 4 rings (SSSR count). The number of benzene rings is 2. The number of aromatic nitrogens is 2. The van der Waals surface area contributed by atoms with Crippen LogP contribution >= 0.6 is 27.5 Å². The number of halogens is 3. The molecule has 1 aliphatic rings. The smallest absolute Gasteiger partial charge is 0.265 e. The van der Waals surface area contributed by atoms with Crippen LogP contribution in [0.2, 0.25) is 5.02 Å². The van der Waals surface area contributed by atoms with Gasteiger partial charge in [0.1, 0.15) is 18.1 Å². The molecule has 2 aromatic carbocycles. The van der Waals surface area contributed by atoms with Gasteiger partial charge in [0.05, 0.1) is 10.2 Å². The first-order valence-electron chi connectivity index (χ1n) is 7.52. The van der Waals surface area contributed by atoms with Crippen molar-refractivity contribution in [1.29, 1.82) is 0 Å². The van der Waals surface area contributed by atoms with E-state index in [9.17, 15) is 9.18 Å². The average Bonchev–Trinajstić information content (AvgIpc) is 3.08. The molecule has 132 valence electrons. The molecule has 0 bridgehead atoms. The van der Waals surface area contributed by atoms with Crippen LogP contribution in [-0.4, -0.2) is 22.7 Å². The molecule has 0 atom stereocenters. The van der Waals surface area contributed by atoms with E-state index in [4.69, 9.17) is 20.9 Å². The maximum absolute atomic E-state index is 13.4. The average molecular weight is 439 g/mol. The predicted octanol–water partition coefficient (Wildman–Crippen LogP) is 4.22. The molecule has 3 aromatic rings. The maximum Gasteiger partial charge on any atom is 0.265 e. The van der Waals surface area contributed by atoms with E-state index < -0.39 is 0 Å². The van der Waals surface area contributed by atoms with Crippen LogP contribution in [0.5, 0.6) is 5.75 Å². The molecule has 2 heterocycles. The van der Waals surface area contributed by atoms with Crippen LogP contribution < -0.4 is 9.64 Å². The molecular weight excluding hydrogens is 429 g/mol. The van der Waals surface area contributed by atoms with Gasteiger partial charge in [-0.15, -0.1) is 0 Å². The zero-order chi connectivity index (χ0) is 18.3. The van der Waals surface area contributed by atoms with Crippen molar-refractivity contribution in [2.24, 2.45) is 0 Å². The van der Waals surface area contributed by atoms with E-state index >= 15 is 0 Å². The third-order valence-corrected chi connectivity index (χ3v) is 4.65. The molecule has 26 heavy (non-hydrogen) atoms. The number of carbonyl (C=O) groups excluding carboxylic acids is 1. The van der Waals surface area contributed by atoms with Crippen LogP contribution in [-0.2, 0) is 11.3 Å². The molecule has 0 aliphatic carbocycles. The number of amides is 1. The summed E-state index contributed by atoms with van der Waals surface area (Å²) in [6, 6.07) is 9.42. The fraction of sp³-hybridized carbons (Fsp3) is 0.118. The number of carbonyl (C=O) groups is 1. The number of hydrogen-bond acceptors (Lipinski definition) is 5. The van der Waals surface area contributed by atoms with Crippen LogP contribution in [0.25, 0.3) is 11.4 Å². The number of rotatable bonds is 3. The molecular formula is C17H10BrClFN3O3. The molecule has 0 saturated carbocycles. The zero-order valence-corrected chi connectivity index (χ0v) is 15.4. The Morgan fingerprint density at radius 3 is 2.92 bits per heavy atom. The van der Waals surface area contributed by atoms with Gasteiger partial charge in [0, 0.05) is 16.7 Å². The Kier molecular flexibility index (Phi) is 4.37. The molecule has 0 spiro atoms. The SMILES string of the molecule is O=C1COc2cc(Cl)ccc2N1Cc1nc(-c2ccc(F)c(Br)c2)no1. The standard InChI is InChI=1S/C17H10BrClFN3O3/c18-11-5-9(1-3-12(11)20)17-21-15(26-22-17)7-23-13-4-2-10(19)6-14(13)25-8-16(23)24/h1-6H,7-8H2. The van der Waals surface area contributed by atoms with Crippen molar-refractivity contribution >= 4 is 39.1 Å². The summed E-state index contributed by atoms with van der Waals surface area (Å²) in [6.07, 6.45) is 0. The van der Waals surface area contributed by atoms with Crippen molar-refractivity contribution in [3.8, 4) is 17.1 Å². The lowest BCUT2D eigenvalue weighted by molar-refractivity contribution is -0.121. The van der Waals surface area contributed by atoms with Crippen LogP contribution in [0.3, 0.4) is 0 Å². The lowest BCUT2D eigenvalue weighted by atomic mass is 10.2. The number of hydrogen-bond donors (Lipinski definition) is 0. The van der Waals surface area contributed by atoms with Crippen LogP contribution in [0.4, 0.5) is 10.1 Å². The first-order chi connectivity index (χ1) is 12.5. The number of ether oxygens (including phenoxy) is 1. The van der Waals surface area contributed by atoms with E-state index in [0.717, 1.165) is 0 Å². The Morgan fingerprint density at radius 2 is 2.12 bits per heavy atom. The van der Waals surface area contributed by atoms with Gasteiger partial charge in [-0.25, -0.2) is 4.39 Å². The van der Waals surface area contributed by atoms with Crippen molar-refractivity contribution in [2.75, 3.05) is 11.5 Å². The molecule has 0 unspecified atom stereocenters. The molecule has 1 aromatic heterocycles. The van der Waals surface area contributed by atoms with E-state index in [1.807, 2.05) is 0 Å². The molecule has 0 saturated heterocycles. The van der Waals surface area contributed by atoms with Crippen molar-refractivity contribution in [3.05, 3.63) is 57.6 Å². The summed E-state index contributed by atoms with van der Waals surface area (Å²) >= 11 is 9.08. The van der Waals surface area contributed by atoms with E-state index in [2.05, 4.69) is 26.1 Å². The molecule has 0 N–H and O–H groups in total. The quantitative estimate of drug-likeness (QED) is 0.612. The minimum absolute atomic E-state index is 0.0895. The lowest BCUT2D eigenvalue weighted by Crippen LogP contribution is -2.38. The lowest BCUT2D eigenvalue weighted by Gasteiger charge is -2.28. The highest BCUT2D eigenvalue weighted by Gasteiger charge is 2.27. The summed E-state index contributed by atoms with van der Waals surface area (Å²) in [5, 5.41) is 4.41. The number of anilines is 1. The Balaban J connectivity index is 1.61.